The first-order valence-corrected chi connectivity index (χ1v) is 6.99. The van der Waals surface area contributed by atoms with Crippen LogP contribution in [0.5, 0.6) is 5.75 Å². The lowest BCUT2D eigenvalue weighted by Crippen LogP contribution is -2.09. The SMILES string of the molecule is CC(C)c1ccc(OC(=O)CCc2ccccc2)cc1. The number of ether oxygens (including phenoxy) is 1. The van der Waals surface area contributed by atoms with Gasteiger partial charge in [-0.2, -0.15) is 0 Å². The second kappa shape index (κ2) is 6.90. The Kier molecular flexibility index (Phi) is 4.94. The summed E-state index contributed by atoms with van der Waals surface area (Å²) in [5, 5.41) is 0. The van der Waals surface area contributed by atoms with Gasteiger partial charge in [0.15, 0.2) is 0 Å². The predicted octanol–water partition coefficient (Wildman–Crippen LogP) is 4.35. The van der Waals surface area contributed by atoms with Gasteiger partial charge in [0.05, 0.1) is 0 Å². The third-order valence-electron chi connectivity index (χ3n) is 3.24. The Hall–Kier alpha value is -2.09. The maximum Gasteiger partial charge on any atom is 0.311 e. The van der Waals surface area contributed by atoms with E-state index in [1.165, 1.54) is 5.56 Å². The van der Waals surface area contributed by atoms with Gasteiger partial charge in [-0.3, -0.25) is 4.79 Å². The summed E-state index contributed by atoms with van der Waals surface area (Å²) in [7, 11) is 0. The minimum Gasteiger partial charge on any atom is -0.427 e. The van der Waals surface area contributed by atoms with E-state index >= 15 is 0 Å². The van der Waals surface area contributed by atoms with Crippen molar-refractivity contribution < 1.29 is 9.53 Å². The highest BCUT2D eigenvalue weighted by molar-refractivity contribution is 5.72. The van der Waals surface area contributed by atoms with Crippen LogP contribution >= 0.6 is 0 Å². The molecule has 0 fully saturated rings. The van der Waals surface area contributed by atoms with Crippen LogP contribution in [0.15, 0.2) is 54.6 Å². The lowest BCUT2D eigenvalue weighted by Gasteiger charge is -2.07. The van der Waals surface area contributed by atoms with E-state index in [0.717, 1.165) is 5.56 Å². The molecule has 2 rings (SSSR count). The van der Waals surface area contributed by atoms with E-state index in [2.05, 4.69) is 13.8 Å². The van der Waals surface area contributed by atoms with Crippen LogP contribution in [0.1, 0.15) is 37.3 Å². The Bertz CT molecular complexity index is 541. The van der Waals surface area contributed by atoms with Gasteiger partial charge in [-0.15, -0.1) is 0 Å². The summed E-state index contributed by atoms with van der Waals surface area (Å²) in [5.74, 6) is 0.913. The molecule has 20 heavy (non-hydrogen) atoms. The van der Waals surface area contributed by atoms with Gasteiger partial charge < -0.3 is 4.74 Å². The van der Waals surface area contributed by atoms with Gasteiger partial charge in [-0.05, 0) is 35.6 Å². The number of esters is 1. The van der Waals surface area contributed by atoms with E-state index in [-0.39, 0.29) is 5.97 Å². The van der Waals surface area contributed by atoms with Crippen molar-refractivity contribution >= 4 is 5.97 Å². The number of hydrogen-bond acceptors (Lipinski definition) is 2. The molecule has 104 valence electrons. The van der Waals surface area contributed by atoms with Crippen molar-refractivity contribution in [3.8, 4) is 5.75 Å². The molecule has 0 heterocycles. The van der Waals surface area contributed by atoms with Gasteiger partial charge in [0, 0.05) is 6.42 Å². The summed E-state index contributed by atoms with van der Waals surface area (Å²) in [6.45, 7) is 4.28. The van der Waals surface area contributed by atoms with E-state index in [0.29, 0.717) is 24.5 Å². The average Bonchev–Trinajstić information content (AvgIpc) is 2.47. The summed E-state index contributed by atoms with van der Waals surface area (Å²) in [6, 6.07) is 17.7. The molecule has 0 aliphatic heterocycles. The fourth-order valence-corrected chi connectivity index (χ4v) is 1.99. The van der Waals surface area contributed by atoms with Crippen molar-refractivity contribution in [3.63, 3.8) is 0 Å². The molecule has 2 aromatic carbocycles. The number of hydrogen-bond donors (Lipinski definition) is 0. The van der Waals surface area contributed by atoms with Gasteiger partial charge >= 0.3 is 5.97 Å². The van der Waals surface area contributed by atoms with E-state index in [1.807, 2.05) is 54.6 Å². The molecule has 0 aromatic heterocycles. The summed E-state index contributed by atoms with van der Waals surface area (Å²) in [6.07, 6.45) is 1.11. The van der Waals surface area contributed by atoms with Crippen molar-refractivity contribution in [2.45, 2.75) is 32.6 Å². The van der Waals surface area contributed by atoms with Gasteiger partial charge in [-0.25, -0.2) is 0 Å². The molecular weight excluding hydrogens is 248 g/mol. The zero-order valence-electron chi connectivity index (χ0n) is 12.0. The Balaban J connectivity index is 1.85. The van der Waals surface area contributed by atoms with Gasteiger partial charge in [-0.1, -0.05) is 56.3 Å². The quantitative estimate of drug-likeness (QED) is 0.595. The van der Waals surface area contributed by atoms with E-state index in [4.69, 9.17) is 4.74 Å². The minimum atomic E-state index is -0.189. The molecule has 0 aliphatic rings. The normalized spacial score (nSPS) is 10.6. The molecule has 2 heteroatoms. The first-order chi connectivity index (χ1) is 9.65. The van der Waals surface area contributed by atoms with E-state index in [9.17, 15) is 4.79 Å². The maximum atomic E-state index is 11.8. The van der Waals surface area contributed by atoms with Crippen LogP contribution in [0, 0.1) is 0 Å². The summed E-state index contributed by atoms with van der Waals surface area (Å²) >= 11 is 0. The first kappa shape index (κ1) is 14.3. The molecule has 0 radical (unpaired) electrons. The molecule has 2 nitrogen and oxygen atoms in total. The summed E-state index contributed by atoms with van der Waals surface area (Å²) in [4.78, 5) is 11.8. The topological polar surface area (TPSA) is 26.3 Å². The van der Waals surface area contributed by atoms with Crippen LogP contribution in [-0.4, -0.2) is 5.97 Å². The highest BCUT2D eigenvalue weighted by Crippen LogP contribution is 2.19. The smallest absolute Gasteiger partial charge is 0.311 e. The van der Waals surface area contributed by atoms with E-state index < -0.39 is 0 Å². The number of carbonyl (C=O) groups is 1. The fraction of sp³-hybridized carbons (Fsp3) is 0.278. The second-order valence-corrected chi connectivity index (χ2v) is 5.18. The Morgan fingerprint density at radius 2 is 1.65 bits per heavy atom. The Labute approximate surface area is 120 Å². The van der Waals surface area contributed by atoms with Crippen molar-refractivity contribution in [2.75, 3.05) is 0 Å². The third-order valence-corrected chi connectivity index (χ3v) is 3.24. The zero-order valence-corrected chi connectivity index (χ0v) is 12.0. The molecule has 0 atom stereocenters. The lowest BCUT2D eigenvalue weighted by molar-refractivity contribution is -0.134. The monoisotopic (exact) mass is 268 g/mol. The molecular formula is C18H20O2. The molecule has 0 unspecified atom stereocenters. The van der Waals surface area contributed by atoms with Crippen molar-refractivity contribution in [1.29, 1.82) is 0 Å². The number of benzene rings is 2. The van der Waals surface area contributed by atoms with Crippen LogP contribution in [0.3, 0.4) is 0 Å². The number of rotatable bonds is 5. The lowest BCUT2D eigenvalue weighted by atomic mass is 10.0. The molecule has 0 saturated carbocycles. The molecule has 0 aliphatic carbocycles. The molecule has 2 aromatic rings. The molecule has 0 bridgehead atoms. The Morgan fingerprint density at radius 1 is 1.00 bits per heavy atom. The largest absolute Gasteiger partial charge is 0.427 e. The number of carbonyl (C=O) groups excluding carboxylic acids is 1. The second-order valence-electron chi connectivity index (χ2n) is 5.18. The zero-order chi connectivity index (χ0) is 14.4. The maximum absolute atomic E-state index is 11.8. The molecule has 0 saturated heterocycles. The average molecular weight is 268 g/mol. The fourth-order valence-electron chi connectivity index (χ4n) is 1.99. The molecule has 0 spiro atoms. The van der Waals surface area contributed by atoms with Crippen LogP contribution < -0.4 is 4.74 Å². The summed E-state index contributed by atoms with van der Waals surface area (Å²) in [5.41, 5.74) is 2.40. The minimum absolute atomic E-state index is 0.189. The highest BCUT2D eigenvalue weighted by Gasteiger charge is 2.06. The molecule has 0 N–H and O–H groups in total. The Morgan fingerprint density at radius 3 is 2.25 bits per heavy atom. The predicted molar refractivity (Wildman–Crippen MR) is 80.9 cm³/mol. The first-order valence-electron chi connectivity index (χ1n) is 6.99. The van der Waals surface area contributed by atoms with E-state index in [1.54, 1.807) is 0 Å². The standard InChI is InChI=1S/C18H20O2/c1-14(2)16-9-11-17(12-10-16)20-18(19)13-8-15-6-4-3-5-7-15/h3-7,9-12,14H,8,13H2,1-2H3. The van der Waals surface area contributed by atoms with Crippen molar-refractivity contribution in [1.82, 2.24) is 0 Å². The van der Waals surface area contributed by atoms with Crippen LogP contribution in [0.4, 0.5) is 0 Å². The molecule has 0 amide bonds. The van der Waals surface area contributed by atoms with Crippen LogP contribution in [0.2, 0.25) is 0 Å². The van der Waals surface area contributed by atoms with Crippen LogP contribution in [0.25, 0.3) is 0 Å². The van der Waals surface area contributed by atoms with Crippen molar-refractivity contribution in [3.05, 3.63) is 65.7 Å². The number of aryl methyl sites for hydroxylation is 1. The summed E-state index contributed by atoms with van der Waals surface area (Å²) < 4.78 is 5.33. The van der Waals surface area contributed by atoms with Gasteiger partial charge in [0.25, 0.3) is 0 Å². The van der Waals surface area contributed by atoms with Crippen LogP contribution in [-0.2, 0) is 11.2 Å². The van der Waals surface area contributed by atoms with Gasteiger partial charge in [0.1, 0.15) is 5.75 Å². The van der Waals surface area contributed by atoms with Gasteiger partial charge in [0.2, 0.25) is 0 Å². The highest BCUT2D eigenvalue weighted by atomic mass is 16.5. The van der Waals surface area contributed by atoms with Crippen molar-refractivity contribution in [2.24, 2.45) is 0 Å². The third kappa shape index (κ3) is 4.23.